The number of aryl methyl sites for hydroxylation is 2. The highest BCUT2D eigenvalue weighted by Gasteiger charge is 2.35. The number of hydrogen-bond donors (Lipinski definition) is 1. The molecule has 1 aromatic rings. The monoisotopic (exact) mass is 318 g/mol. The van der Waals surface area contributed by atoms with Crippen LogP contribution in [0.15, 0.2) is 0 Å². The predicted octanol–water partition coefficient (Wildman–Crippen LogP) is 3.02. The van der Waals surface area contributed by atoms with Crippen LogP contribution < -0.4 is 5.32 Å². The van der Waals surface area contributed by atoms with Crippen LogP contribution >= 0.6 is 0 Å². The number of carbonyl (C=O) groups is 1. The first kappa shape index (κ1) is 16.5. The summed E-state index contributed by atoms with van der Waals surface area (Å²) >= 11 is 0. The number of nitrogens with zero attached hydrogens (tertiary/aromatic N) is 3. The van der Waals surface area contributed by atoms with Gasteiger partial charge in [-0.2, -0.15) is 5.10 Å². The van der Waals surface area contributed by atoms with Crippen molar-refractivity contribution in [2.45, 2.75) is 58.8 Å². The molecular weight excluding hydrogens is 288 g/mol. The molecule has 0 unspecified atom stereocenters. The van der Waals surface area contributed by atoms with Gasteiger partial charge in [0.05, 0.1) is 23.6 Å². The maximum atomic E-state index is 12.4. The summed E-state index contributed by atoms with van der Waals surface area (Å²) in [4.78, 5) is 14.7. The topological polar surface area (TPSA) is 50.2 Å². The first-order chi connectivity index (χ1) is 11.0. The summed E-state index contributed by atoms with van der Waals surface area (Å²) in [6, 6.07) is 0. The summed E-state index contributed by atoms with van der Waals surface area (Å²) in [7, 11) is 1.91. The molecule has 2 aliphatic rings. The van der Waals surface area contributed by atoms with E-state index >= 15 is 0 Å². The van der Waals surface area contributed by atoms with E-state index in [1.54, 1.807) is 0 Å². The molecule has 0 atom stereocenters. The van der Waals surface area contributed by atoms with Crippen LogP contribution in [-0.4, -0.2) is 40.2 Å². The Morgan fingerprint density at radius 3 is 2.35 bits per heavy atom. The van der Waals surface area contributed by atoms with Crippen LogP contribution in [0.1, 0.15) is 56.3 Å². The molecule has 1 aliphatic heterocycles. The number of carbonyl (C=O) groups excluding carboxylic acids is 1. The third-order valence-corrected chi connectivity index (χ3v) is 5.97. The zero-order chi connectivity index (χ0) is 16.4. The van der Waals surface area contributed by atoms with Crippen LogP contribution in [0.3, 0.4) is 0 Å². The lowest BCUT2D eigenvalue weighted by atomic mass is 9.68. The molecular formula is C18H30N4O. The third kappa shape index (κ3) is 3.60. The van der Waals surface area contributed by atoms with Crippen LogP contribution in [0.5, 0.6) is 0 Å². The smallest absolute Gasteiger partial charge is 0.238 e. The fraction of sp³-hybridized carbons (Fsp3) is 0.778. The number of nitrogens with one attached hydrogen (secondary N) is 1. The van der Waals surface area contributed by atoms with Crippen molar-refractivity contribution in [1.29, 1.82) is 0 Å². The van der Waals surface area contributed by atoms with Crippen molar-refractivity contribution in [3.05, 3.63) is 11.4 Å². The molecule has 1 saturated heterocycles. The van der Waals surface area contributed by atoms with Gasteiger partial charge in [0, 0.05) is 7.05 Å². The Hall–Kier alpha value is -1.36. The van der Waals surface area contributed by atoms with E-state index in [4.69, 9.17) is 0 Å². The van der Waals surface area contributed by atoms with Crippen molar-refractivity contribution in [1.82, 2.24) is 14.7 Å². The molecule has 1 aliphatic carbocycles. The molecule has 1 spiro atoms. The molecule has 23 heavy (non-hydrogen) atoms. The molecule has 5 heteroatoms. The van der Waals surface area contributed by atoms with Crippen molar-refractivity contribution in [2.24, 2.45) is 12.5 Å². The van der Waals surface area contributed by atoms with Crippen molar-refractivity contribution < 1.29 is 4.79 Å². The largest absolute Gasteiger partial charge is 0.322 e. The molecule has 1 saturated carbocycles. The molecule has 0 aromatic carbocycles. The van der Waals surface area contributed by atoms with Gasteiger partial charge in [-0.3, -0.25) is 14.4 Å². The van der Waals surface area contributed by atoms with Crippen LogP contribution in [0, 0.1) is 19.3 Å². The first-order valence-electron chi connectivity index (χ1n) is 9.02. The van der Waals surface area contributed by atoms with Gasteiger partial charge in [-0.05, 0) is 58.0 Å². The van der Waals surface area contributed by atoms with E-state index in [0.717, 1.165) is 30.2 Å². The molecule has 0 bridgehead atoms. The lowest BCUT2D eigenvalue weighted by Gasteiger charge is -2.44. The average molecular weight is 318 g/mol. The minimum Gasteiger partial charge on any atom is -0.322 e. The number of hydrogen-bond acceptors (Lipinski definition) is 3. The van der Waals surface area contributed by atoms with Gasteiger partial charge in [-0.15, -0.1) is 0 Å². The summed E-state index contributed by atoms with van der Waals surface area (Å²) in [5.74, 6) is 0.0868. The average Bonchev–Trinajstić information content (AvgIpc) is 2.77. The van der Waals surface area contributed by atoms with Crippen molar-refractivity contribution in [3.63, 3.8) is 0 Å². The Labute approximate surface area is 139 Å². The highest BCUT2D eigenvalue weighted by Crippen LogP contribution is 2.44. The van der Waals surface area contributed by atoms with Crippen LogP contribution in [-0.2, 0) is 11.8 Å². The lowest BCUT2D eigenvalue weighted by molar-refractivity contribution is -0.118. The summed E-state index contributed by atoms with van der Waals surface area (Å²) in [5.41, 5.74) is 3.37. The van der Waals surface area contributed by atoms with E-state index < -0.39 is 0 Å². The van der Waals surface area contributed by atoms with Gasteiger partial charge in [0.1, 0.15) is 0 Å². The van der Waals surface area contributed by atoms with Gasteiger partial charge in [0.25, 0.3) is 0 Å². The van der Waals surface area contributed by atoms with Gasteiger partial charge in [-0.1, -0.05) is 19.3 Å². The number of piperidine rings is 1. The summed E-state index contributed by atoms with van der Waals surface area (Å²) in [6.07, 6.45) is 9.57. The fourth-order valence-electron chi connectivity index (χ4n) is 4.32. The number of likely N-dealkylation sites (tertiary alicyclic amines) is 1. The molecule has 0 radical (unpaired) electrons. The van der Waals surface area contributed by atoms with Crippen LogP contribution in [0.2, 0.25) is 0 Å². The summed E-state index contributed by atoms with van der Waals surface area (Å²) in [5, 5.41) is 7.41. The Morgan fingerprint density at radius 1 is 1.13 bits per heavy atom. The van der Waals surface area contributed by atoms with Gasteiger partial charge in [0.15, 0.2) is 0 Å². The zero-order valence-electron chi connectivity index (χ0n) is 14.8. The van der Waals surface area contributed by atoms with E-state index in [9.17, 15) is 4.79 Å². The Kier molecular flexibility index (Phi) is 4.76. The quantitative estimate of drug-likeness (QED) is 0.932. The Bertz CT molecular complexity index is 562. The number of rotatable bonds is 3. The van der Waals surface area contributed by atoms with E-state index in [1.807, 2.05) is 25.6 Å². The van der Waals surface area contributed by atoms with Crippen LogP contribution in [0.25, 0.3) is 0 Å². The minimum absolute atomic E-state index is 0.0868. The molecule has 1 amide bonds. The molecule has 3 rings (SSSR count). The van der Waals surface area contributed by atoms with E-state index in [2.05, 4.69) is 15.3 Å². The minimum atomic E-state index is 0.0868. The summed E-state index contributed by atoms with van der Waals surface area (Å²) < 4.78 is 1.82. The maximum Gasteiger partial charge on any atom is 0.238 e. The molecule has 5 nitrogen and oxygen atoms in total. The van der Waals surface area contributed by atoms with Gasteiger partial charge in [-0.25, -0.2) is 0 Å². The van der Waals surface area contributed by atoms with E-state index in [0.29, 0.717) is 12.0 Å². The van der Waals surface area contributed by atoms with E-state index in [-0.39, 0.29) is 5.91 Å². The van der Waals surface area contributed by atoms with Crippen molar-refractivity contribution in [2.75, 3.05) is 25.0 Å². The maximum absolute atomic E-state index is 12.4. The molecule has 128 valence electrons. The Morgan fingerprint density at radius 2 is 1.78 bits per heavy atom. The normalized spacial score (nSPS) is 21.5. The number of aromatic nitrogens is 2. The lowest BCUT2D eigenvalue weighted by Crippen LogP contribution is -2.44. The number of amides is 1. The first-order valence-corrected chi connectivity index (χ1v) is 9.02. The van der Waals surface area contributed by atoms with Gasteiger partial charge < -0.3 is 5.32 Å². The molecule has 1 aromatic heterocycles. The number of anilines is 1. The third-order valence-electron chi connectivity index (χ3n) is 5.97. The second-order valence-corrected chi connectivity index (χ2v) is 7.55. The van der Waals surface area contributed by atoms with Gasteiger partial charge >= 0.3 is 0 Å². The predicted molar refractivity (Wildman–Crippen MR) is 92.5 cm³/mol. The van der Waals surface area contributed by atoms with Crippen molar-refractivity contribution in [3.8, 4) is 0 Å². The molecule has 1 N–H and O–H groups in total. The Balaban J connectivity index is 1.51. The highest BCUT2D eigenvalue weighted by atomic mass is 16.2. The molecule has 2 fully saturated rings. The SMILES string of the molecule is Cc1nn(C)c(C)c1NC(=O)CN1CCC2(CCCCC2)CC1. The highest BCUT2D eigenvalue weighted by molar-refractivity contribution is 5.93. The summed E-state index contributed by atoms with van der Waals surface area (Å²) in [6.45, 7) is 6.57. The molecule has 2 heterocycles. The second kappa shape index (κ2) is 6.63. The second-order valence-electron chi connectivity index (χ2n) is 7.55. The van der Waals surface area contributed by atoms with Crippen LogP contribution in [0.4, 0.5) is 5.69 Å². The fourth-order valence-corrected chi connectivity index (χ4v) is 4.32. The van der Waals surface area contributed by atoms with Crippen molar-refractivity contribution >= 4 is 11.6 Å². The van der Waals surface area contributed by atoms with Gasteiger partial charge in [0.2, 0.25) is 5.91 Å². The zero-order valence-corrected chi connectivity index (χ0v) is 14.8. The standard InChI is InChI=1S/C18H30N4O/c1-14-17(15(2)21(3)20-14)19-16(23)13-22-11-9-18(10-12-22)7-5-4-6-8-18/h4-13H2,1-3H3,(H,19,23). The van der Waals surface area contributed by atoms with E-state index in [1.165, 1.54) is 44.9 Å².